The summed E-state index contributed by atoms with van der Waals surface area (Å²) in [4.78, 5) is 40.0. The number of benzene rings is 2. The topological polar surface area (TPSA) is 99.8 Å². The minimum absolute atomic E-state index is 0.0429. The van der Waals surface area contributed by atoms with Crippen molar-refractivity contribution < 1.29 is 19.1 Å². The maximum absolute atomic E-state index is 13.3. The van der Waals surface area contributed by atoms with Gasteiger partial charge in [0, 0.05) is 24.7 Å². The van der Waals surface area contributed by atoms with Crippen molar-refractivity contribution >= 4 is 29.3 Å². The molecule has 2 aromatic rings. The van der Waals surface area contributed by atoms with Gasteiger partial charge in [0.25, 0.3) is 5.91 Å². The van der Waals surface area contributed by atoms with Gasteiger partial charge in [-0.1, -0.05) is 35.9 Å². The average Bonchev–Trinajstić information content (AvgIpc) is 2.83. The molecule has 0 aromatic heterocycles. The van der Waals surface area contributed by atoms with Crippen LogP contribution < -0.4 is 20.7 Å². The molecule has 2 aliphatic heterocycles. The van der Waals surface area contributed by atoms with Crippen LogP contribution in [0.5, 0.6) is 5.75 Å². The van der Waals surface area contributed by atoms with E-state index in [0.717, 1.165) is 5.56 Å². The largest absolute Gasteiger partial charge is 0.491 e. The molecule has 0 fully saturated rings. The summed E-state index contributed by atoms with van der Waals surface area (Å²) in [5.74, 6) is -0.257. The van der Waals surface area contributed by atoms with Crippen LogP contribution in [0.25, 0.3) is 0 Å². The number of amides is 3. The van der Waals surface area contributed by atoms with E-state index in [-0.39, 0.29) is 37.4 Å². The van der Waals surface area contributed by atoms with Crippen molar-refractivity contribution in [2.75, 3.05) is 32.8 Å². The van der Waals surface area contributed by atoms with Crippen LogP contribution in [0.3, 0.4) is 0 Å². The number of hydrogen-bond donors (Lipinski definition) is 3. The number of nitrogens with zero attached hydrogens (tertiary/aromatic N) is 1. The number of nitrogens with one attached hydrogen (secondary N) is 3. The smallest absolute Gasteiger partial charge is 0.255 e. The van der Waals surface area contributed by atoms with E-state index in [0.29, 0.717) is 48.8 Å². The zero-order chi connectivity index (χ0) is 23.2. The molecule has 1 atom stereocenters. The molecule has 3 amide bonds. The predicted molar refractivity (Wildman–Crippen MR) is 124 cm³/mol. The summed E-state index contributed by atoms with van der Waals surface area (Å²) in [6, 6.07) is 12.5. The van der Waals surface area contributed by atoms with Crippen LogP contribution in [0.2, 0.25) is 5.02 Å². The molecule has 0 radical (unpaired) electrons. The van der Waals surface area contributed by atoms with Gasteiger partial charge in [-0.2, -0.15) is 0 Å². The Morgan fingerprint density at radius 2 is 1.88 bits per heavy atom. The Hall–Kier alpha value is -3.10. The van der Waals surface area contributed by atoms with Crippen LogP contribution in [-0.4, -0.2) is 61.4 Å². The lowest BCUT2D eigenvalue weighted by atomic mass is 9.95. The normalized spacial score (nSPS) is 19.8. The Morgan fingerprint density at radius 1 is 1.06 bits per heavy atom. The second-order valence-corrected chi connectivity index (χ2v) is 8.55. The van der Waals surface area contributed by atoms with Gasteiger partial charge < -0.3 is 25.6 Å². The zero-order valence-electron chi connectivity index (χ0n) is 18.2. The van der Waals surface area contributed by atoms with Gasteiger partial charge in [0.05, 0.1) is 24.7 Å². The molecule has 4 rings (SSSR count). The van der Waals surface area contributed by atoms with Crippen molar-refractivity contribution in [2.24, 2.45) is 0 Å². The molecular formula is C24H27ClN4O4. The van der Waals surface area contributed by atoms with E-state index in [2.05, 4.69) is 16.0 Å². The highest BCUT2D eigenvalue weighted by molar-refractivity contribution is 6.31. The van der Waals surface area contributed by atoms with Crippen molar-refractivity contribution in [1.82, 2.24) is 20.9 Å². The number of halogens is 1. The summed E-state index contributed by atoms with van der Waals surface area (Å²) < 4.78 is 5.68. The van der Waals surface area contributed by atoms with Crippen molar-refractivity contribution in [2.45, 2.75) is 25.4 Å². The minimum Gasteiger partial charge on any atom is -0.491 e. The van der Waals surface area contributed by atoms with Crippen LogP contribution in [0, 0.1) is 0 Å². The number of rotatable bonds is 1. The molecular weight excluding hydrogens is 444 g/mol. The molecule has 2 aromatic carbocycles. The second-order valence-electron chi connectivity index (χ2n) is 8.11. The van der Waals surface area contributed by atoms with Gasteiger partial charge in [-0.05, 0) is 42.2 Å². The first kappa shape index (κ1) is 23.1. The molecule has 8 nitrogen and oxygen atoms in total. The Balaban J connectivity index is 1.44. The van der Waals surface area contributed by atoms with E-state index < -0.39 is 6.04 Å². The van der Waals surface area contributed by atoms with Gasteiger partial charge in [-0.25, -0.2) is 0 Å². The number of ether oxygens (including phenoxy) is 1. The van der Waals surface area contributed by atoms with Gasteiger partial charge in [0.15, 0.2) is 0 Å². The lowest BCUT2D eigenvalue weighted by Gasteiger charge is -2.31. The van der Waals surface area contributed by atoms with Crippen molar-refractivity contribution in [3.8, 4) is 5.75 Å². The van der Waals surface area contributed by atoms with E-state index >= 15 is 0 Å². The first-order valence-corrected chi connectivity index (χ1v) is 11.5. The SMILES string of the molecule is O=C1CN(C(=O)[C@H]2Cc3ccccc3CN2)CCCNC(=O)c2cc(Cl)ccc2OCCN1. The molecule has 0 aliphatic carbocycles. The molecule has 3 N–H and O–H groups in total. The van der Waals surface area contributed by atoms with Crippen molar-refractivity contribution in [3.63, 3.8) is 0 Å². The second kappa shape index (κ2) is 10.7. The maximum atomic E-state index is 13.3. The number of carbonyl (C=O) groups is 3. The van der Waals surface area contributed by atoms with Crippen molar-refractivity contribution in [1.29, 1.82) is 0 Å². The molecule has 174 valence electrons. The summed E-state index contributed by atoms with van der Waals surface area (Å²) in [5, 5.41) is 9.36. The monoisotopic (exact) mass is 470 g/mol. The molecule has 2 aliphatic rings. The Bertz CT molecular complexity index is 1040. The zero-order valence-corrected chi connectivity index (χ0v) is 19.0. The fraction of sp³-hybridized carbons (Fsp3) is 0.375. The van der Waals surface area contributed by atoms with Gasteiger partial charge in [-0.3, -0.25) is 14.4 Å². The molecule has 0 saturated carbocycles. The van der Waals surface area contributed by atoms with Gasteiger partial charge in [0.1, 0.15) is 12.4 Å². The van der Waals surface area contributed by atoms with Crippen LogP contribution in [0.1, 0.15) is 27.9 Å². The highest BCUT2D eigenvalue weighted by Gasteiger charge is 2.29. The molecule has 2 heterocycles. The predicted octanol–water partition coefficient (Wildman–Crippen LogP) is 1.51. The molecule has 33 heavy (non-hydrogen) atoms. The van der Waals surface area contributed by atoms with E-state index in [9.17, 15) is 14.4 Å². The number of hydrogen-bond acceptors (Lipinski definition) is 5. The van der Waals surface area contributed by atoms with E-state index in [1.165, 1.54) is 5.56 Å². The van der Waals surface area contributed by atoms with Crippen LogP contribution in [0.4, 0.5) is 0 Å². The van der Waals surface area contributed by atoms with Gasteiger partial charge >= 0.3 is 0 Å². The number of fused-ring (bicyclic) bond motifs is 2. The lowest BCUT2D eigenvalue weighted by Crippen LogP contribution is -2.52. The molecule has 0 saturated heterocycles. The third-order valence-electron chi connectivity index (χ3n) is 5.78. The first-order chi connectivity index (χ1) is 16.0. The Labute approximate surface area is 197 Å². The highest BCUT2D eigenvalue weighted by Crippen LogP contribution is 2.23. The summed E-state index contributed by atoms with van der Waals surface area (Å²) in [6.45, 7) is 1.70. The number of carbonyl (C=O) groups excluding carboxylic acids is 3. The molecule has 0 bridgehead atoms. The maximum Gasteiger partial charge on any atom is 0.255 e. The van der Waals surface area contributed by atoms with Crippen LogP contribution in [-0.2, 0) is 22.6 Å². The van der Waals surface area contributed by atoms with Crippen LogP contribution >= 0.6 is 11.6 Å². The molecule has 0 unspecified atom stereocenters. The van der Waals surface area contributed by atoms with E-state index in [1.54, 1.807) is 23.1 Å². The molecule has 9 heteroatoms. The third-order valence-corrected chi connectivity index (χ3v) is 6.02. The summed E-state index contributed by atoms with van der Waals surface area (Å²) >= 11 is 6.05. The fourth-order valence-electron chi connectivity index (χ4n) is 4.07. The summed E-state index contributed by atoms with van der Waals surface area (Å²) in [6.07, 6.45) is 1.08. The highest BCUT2D eigenvalue weighted by atomic mass is 35.5. The molecule has 0 spiro atoms. The van der Waals surface area contributed by atoms with Crippen LogP contribution in [0.15, 0.2) is 42.5 Å². The summed E-state index contributed by atoms with van der Waals surface area (Å²) in [7, 11) is 0. The van der Waals surface area contributed by atoms with Gasteiger partial charge in [-0.15, -0.1) is 0 Å². The quantitative estimate of drug-likeness (QED) is 0.586. The first-order valence-electron chi connectivity index (χ1n) is 11.1. The Kier molecular flexibility index (Phi) is 7.47. The van der Waals surface area contributed by atoms with Gasteiger partial charge in [0.2, 0.25) is 11.8 Å². The minimum atomic E-state index is -0.390. The van der Waals surface area contributed by atoms with E-state index in [4.69, 9.17) is 16.3 Å². The Morgan fingerprint density at radius 3 is 2.73 bits per heavy atom. The third kappa shape index (κ3) is 5.83. The van der Waals surface area contributed by atoms with Crippen molar-refractivity contribution in [3.05, 3.63) is 64.2 Å². The van der Waals surface area contributed by atoms with E-state index in [1.807, 2.05) is 24.3 Å². The fourth-order valence-corrected chi connectivity index (χ4v) is 4.24. The summed E-state index contributed by atoms with van der Waals surface area (Å²) in [5.41, 5.74) is 2.66. The lowest BCUT2D eigenvalue weighted by molar-refractivity contribution is -0.138. The average molecular weight is 471 g/mol. The standard InChI is InChI=1S/C24H27ClN4O4/c25-18-6-7-21-19(13-18)23(31)27-8-3-10-29(15-22(30)26-9-11-33-21)24(32)20-12-16-4-1-2-5-17(16)14-28-20/h1-2,4-7,13,20,28H,3,8-12,14-15H2,(H,26,30)(H,27,31)/t20-/m1/s1.